The van der Waals surface area contributed by atoms with E-state index < -0.39 is 0 Å². The molecule has 4 aromatic heterocycles. The van der Waals surface area contributed by atoms with Crippen molar-refractivity contribution >= 4 is 34.4 Å². The maximum atomic E-state index is 10.5. The molecule has 8 nitrogen and oxygen atoms in total. The van der Waals surface area contributed by atoms with Crippen molar-refractivity contribution in [2.24, 2.45) is 0 Å². The van der Waals surface area contributed by atoms with Gasteiger partial charge in [0.05, 0.1) is 19.0 Å². The molecule has 4 heterocycles. The molecule has 3 N–H and O–H groups in total. The number of anilines is 1. The Morgan fingerprint density at radius 3 is 2.73 bits per heavy atom. The fourth-order valence-electron chi connectivity index (χ4n) is 2.57. The first-order valence-corrected chi connectivity index (χ1v) is 8.37. The van der Waals surface area contributed by atoms with Gasteiger partial charge in [-0.15, -0.1) is 0 Å². The lowest BCUT2D eigenvalue weighted by atomic mass is 10.1. The van der Waals surface area contributed by atoms with Gasteiger partial charge in [0.1, 0.15) is 11.5 Å². The van der Waals surface area contributed by atoms with E-state index in [2.05, 4.69) is 30.2 Å². The summed E-state index contributed by atoms with van der Waals surface area (Å²) in [7, 11) is 1.57. The average molecular weight is 350 g/mol. The van der Waals surface area contributed by atoms with Gasteiger partial charge in [-0.3, -0.25) is 4.79 Å². The first-order valence-electron chi connectivity index (χ1n) is 8.37. The Hall–Kier alpha value is -3.42. The average Bonchev–Trinajstić information content (AvgIpc) is 3.38. The number of ether oxygens (including phenoxy) is 1. The second-order valence-electron chi connectivity index (χ2n) is 5.94. The molecular formula is C18H18N6O2. The highest BCUT2D eigenvalue weighted by Gasteiger charge is 2.15. The quantitative estimate of drug-likeness (QED) is 0.490. The Labute approximate surface area is 149 Å². The van der Waals surface area contributed by atoms with Gasteiger partial charge in [-0.1, -0.05) is 19.3 Å². The molecule has 0 bridgehead atoms. The highest BCUT2D eigenvalue weighted by atomic mass is 16.5. The molecule has 0 saturated heterocycles. The van der Waals surface area contributed by atoms with Crippen LogP contribution in [0.25, 0.3) is 33.3 Å². The molecule has 4 aromatic rings. The van der Waals surface area contributed by atoms with Crippen LogP contribution in [0.15, 0.2) is 30.7 Å². The van der Waals surface area contributed by atoms with Crippen LogP contribution in [0.1, 0.15) is 19.3 Å². The Balaban J connectivity index is 0.000000510. The van der Waals surface area contributed by atoms with Crippen molar-refractivity contribution in [1.82, 2.24) is 24.9 Å². The van der Waals surface area contributed by atoms with E-state index in [1.165, 1.54) is 19.3 Å². The standard InChI is InChI=1S/C15H12N6O2.C3H6/c1-23-15-9(4-11-14(21-15)18-6-17-11)10-5-16-13-8(10)2-3-12(20-13)19-7-22;1-2-3-1/h2-7H,1H3,(H,17,18,21)(H2,16,19,20,22);1-3H2. The normalized spacial score (nSPS) is 12.5. The summed E-state index contributed by atoms with van der Waals surface area (Å²) in [6.07, 6.45) is 8.52. The van der Waals surface area contributed by atoms with E-state index in [4.69, 9.17) is 4.74 Å². The molecule has 26 heavy (non-hydrogen) atoms. The van der Waals surface area contributed by atoms with Crippen LogP contribution in [0, 0.1) is 0 Å². The molecule has 0 atom stereocenters. The number of nitrogens with zero attached hydrogens (tertiary/aromatic N) is 3. The number of pyridine rings is 2. The van der Waals surface area contributed by atoms with E-state index in [9.17, 15) is 4.79 Å². The lowest BCUT2D eigenvalue weighted by molar-refractivity contribution is -0.105. The second kappa shape index (κ2) is 6.83. The third kappa shape index (κ3) is 3.08. The maximum absolute atomic E-state index is 10.5. The highest BCUT2D eigenvalue weighted by Crippen LogP contribution is 2.35. The van der Waals surface area contributed by atoms with Gasteiger partial charge in [0, 0.05) is 22.7 Å². The number of methoxy groups -OCH3 is 1. The van der Waals surface area contributed by atoms with Crippen LogP contribution in [0.3, 0.4) is 0 Å². The molecule has 5 rings (SSSR count). The summed E-state index contributed by atoms with van der Waals surface area (Å²) in [5.74, 6) is 0.968. The minimum absolute atomic E-state index is 0.481. The molecule has 1 fully saturated rings. The predicted octanol–water partition coefficient (Wildman–Crippen LogP) is 3.25. The molecular weight excluding hydrogens is 332 g/mol. The van der Waals surface area contributed by atoms with Gasteiger partial charge in [0.2, 0.25) is 12.3 Å². The first kappa shape index (κ1) is 16.1. The fraction of sp³-hybridized carbons (Fsp3) is 0.222. The zero-order chi connectivity index (χ0) is 17.9. The predicted molar refractivity (Wildman–Crippen MR) is 99.1 cm³/mol. The lowest BCUT2D eigenvalue weighted by Crippen LogP contribution is -1.96. The van der Waals surface area contributed by atoms with Gasteiger partial charge in [-0.05, 0) is 18.2 Å². The van der Waals surface area contributed by atoms with Crippen LogP contribution in [0.5, 0.6) is 5.88 Å². The van der Waals surface area contributed by atoms with Crippen LogP contribution < -0.4 is 10.1 Å². The summed E-state index contributed by atoms with van der Waals surface area (Å²) in [5.41, 5.74) is 3.82. The van der Waals surface area contributed by atoms with E-state index in [0.29, 0.717) is 29.4 Å². The summed E-state index contributed by atoms with van der Waals surface area (Å²) in [6.45, 7) is 0. The molecule has 0 aromatic carbocycles. The molecule has 0 unspecified atom stereocenters. The number of hydrogen-bond donors (Lipinski definition) is 3. The smallest absolute Gasteiger partial charge is 0.223 e. The van der Waals surface area contributed by atoms with E-state index in [-0.39, 0.29) is 0 Å². The summed E-state index contributed by atoms with van der Waals surface area (Å²) < 4.78 is 5.40. The maximum Gasteiger partial charge on any atom is 0.223 e. The summed E-state index contributed by atoms with van der Waals surface area (Å²) >= 11 is 0. The Bertz CT molecular complexity index is 1060. The van der Waals surface area contributed by atoms with E-state index in [1.54, 1.807) is 19.5 Å². The summed E-state index contributed by atoms with van der Waals surface area (Å²) in [5, 5.41) is 3.43. The molecule has 0 spiro atoms. The number of aromatic amines is 2. The molecule has 8 heteroatoms. The summed E-state index contributed by atoms with van der Waals surface area (Å²) in [4.78, 5) is 29.6. The largest absolute Gasteiger partial charge is 0.480 e. The van der Waals surface area contributed by atoms with Crippen molar-refractivity contribution in [1.29, 1.82) is 0 Å². The monoisotopic (exact) mass is 350 g/mol. The van der Waals surface area contributed by atoms with Crippen molar-refractivity contribution in [3.63, 3.8) is 0 Å². The number of rotatable bonds is 4. The topological polar surface area (TPSA) is 109 Å². The van der Waals surface area contributed by atoms with Crippen LogP contribution in [-0.2, 0) is 4.79 Å². The molecule has 1 saturated carbocycles. The van der Waals surface area contributed by atoms with Crippen molar-refractivity contribution < 1.29 is 9.53 Å². The number of carbonyl (C=O) groups is 1. The molecule has 0 radical (unpaired) electrons. The van der Waals surface area contributed by atoms with E-state index in [1.807, 2.05) is 18.3 Å². The van der Waals surface area contributed by atoms with Crippen LogP contribution in [0.2, 0.25) is 0 Å². The zero-order valence-electron chi connectivity index (χ0n) is 14.2. The Kier molecular flexibility index (Phi) is 4.22. The minimum Gasteiger partial charge on any atom is -0.480 e. The van der Waals surface area contributed by atoms with Gasteiger partial charge in [-0.2, -0.15) is 4.98 Å². The molecule has 0 aliphatic heterocycles. The molecule has 1 aliphatic carbocycles. The lowest BCUT2D eigenvalue weighted by Gasteiger charge is -2.06. The Morgan fingerprint density at radius 2 is 2.00 bits per heavy atom. The fourth-order valence-corrected chi connectivity index (χ4v) is 2.57. The third-order valence-electron chi connectivity index (χ3n) is 3.96. The minimum atomic E-state index is 0.481. The van der Waals surface area contributed by atoms with E-state index in [0.717, 1.165) is 22.0 Å². The number of fused-ring (bicyclic) bond motifs is 2. The van der Waals surface area contributed by atoms with Gasteiger partial charge < -0.3 is 20.0 Å². The number of amides is 1. The van der Waals surface area contributed by atoms with Crippen molar-refractivity contribution in [3.8, 4) is 17.0 Å². The number of H-pyrrole nitrogens is 2. The van der Waals surface area contributed by atoms with Gasteiger partial charge >= 0.3 is 0 Å². The van der Waals surface area contributed by atoms with Crippen LogP contribution in [0.4, 0.5) is 5.82 Å². The summed E-state index contributed by atoms with van der Waals surface area (Å²) in [6, 6.07) is 5.56. The highest BCUT2D eigenvalue weighted by molar-refractivity contribution is 5.97. The molecule has 132 valence electrons. The molecule has 1 aliphatic rings. The number of imidazole rings is 1. The van der Waals surface area contributed by atoms with Crippen LogP contribution in [-0.4, -0.2) is 38.4 Å². The first-order chi connectivity index (χ1) is 12.8. The molecule has 1 amide bonds. The van der Waals surface area contributed by atoms with Crippen molar-refractivity contribution in [3.05, 3.63) is 30.7 Å². The number of hydrogen-bond acceptors (Lipinski definition) is 5. The third-order valence-corrected chi connectivity index (χ3v) is 3.96. The van der Waals surface area contributed by atoms with Gasteiger partial charge in [-0.25, -0.2) is 9.97 Å². The van der Waals surface area contributed by atoms with Crippen LogP contribution >= 0.6 is 0 Å². The van der Waals surface area contributed by atoms with Gasteiger partial charge in [0.15, 0.2) is 5.65 Å². The SMILES string of the molecule is C1CC1.COc1nc2nc[nH]c2cc1-c1c[nH]c2nc(NC=O)ccc12. The van der Waals surface area contributed by atoms with Crippen molar-refractivity contribution in [2.45, 2.75) is 19.3 Å². The second-order valence-corrected chi connectivity index (χ2v) is 5.94. The van der Waals surface area contributed by atoms with Gasteiger partial charge in [0.25, 0.3) is 0 Å². The van der Waals surface area contributed by atoms with Crippen molar-refractivity contribution in [2.75, 3.05) is 12.4 Å². The zero-order valence-corrected chi connectivity index (χ0v) is 14.2. The van der Waals surface area contributed by atoms with E-state index >= 15 is 0 Å². The number of aromatic nitrogens is 5. The number of nitrogens with one attached hydrogen (secondary N) is 3. The number of carbonyl (C=O) groups excluding carboxylic acids is 1. The Morgan fingerprint density at radius 1 is 1.15 bits per heavy atom.